The highest BCUT2D eigenvalue weighted by molar-refractivity contribution is 7.89. The van der Waals surface area contributed by atoms with Gasteiger partial charge in [0.1, 0.15) is 0 Å². The standard InChI is InChI=1S/C22H22N2O4S2/c25-20(21-7-4-16-29-21)12-13-22(26)24-18-8-10-19(11-9-18)30(27,28)23-15-14-17-5-2-1-3-6-17/h1-11,16,23H,12-15H2,(H,24,26). The Morgan fingerprint density at radius 2 is 1.60 bits per heavy atom. The van der Waals surface area contributed by atoms with Crippen molar-refractivity contribution in [1.29, 1.82) is 0 Å². The van der Waals surface area contributed by atoms with E-state index >= 15 is 0 Å². The SMILES string of the molecule is O=C(CCC(=O)c1cccs1)Nc1ccc(S(=O)(=O)NCCc2ccccc2)cc1. The van der Waals surface area contributed by atoms with E-state index in [0.717, 1.165) is 5.56 Å². The Balaban J connectivity index is 1.48. The van der Waals surface area contributed by atoms with Gasteiger partial charge < -0.3 is 5.32 Å². The van der Waals surface area contributed by atoms with E-state index in [0.29, 0.717) is 23.5 Å². The Kier molecular flexibility index (Phi) is 7.51. The van der Waals surface area contributed by atoms with Gasteiger partial charge in [-0.15, -0.1) is 11.3 Å². The molecule has 156 valence electrons. The van der Waals surface area contributed by atoms with Crippen molar-refractivity contribution in [2.24, 2.45) is 0 Å². The summed E-state index contributed by atoms with van der Waals surface area (Å²) in [4.78, 5) is 24.8. The minimum absolute atomic E-state index is 0.0665. The zero-order valence-corrected chi connectivity index (χ0v) is 17.8. The van der Waals surface area contributed by atoms with Crippen molar-refractivity contribution in [1.82, 2.24) is 4.72 Å². The van der Waals surface area contributed by atoms with Crippen LogP contribution in [0.25, 0.3) is 0 Å². The molecule has 0 saturated heterocycles. The largest absolute Gasteiger partial charge is 0.326 e. The summed E-state index contributed by atoms with van der Waals surface area (Å²) in [6, 6.07) is 19.1. The number of hydrogen-bond donors (Lipinski definition) is 2. The van der Waals surface area contributed by atoms with Crippen molar-refractivity contribution in [3.63, 3.8) is 0 Å². The quantitative estimate of drug-likeness (QED) is 0.466. The van der Waals surface area contributed by atoms with Crippen LogP contribution in [-0.4, -0.2) is 26.7 Å². The number of carbonyl (C=O) groups excluding carboxylic acids is 2. The molecule has 3 rings (SSSR count). The summed E-state index contributed by atoms with van der Waals surface area (Å²) in [6.45, 7) is 0.295. The molecule has 0 radical (unpaired) electrons. The van der Waals surface area contributed by atoms with Gasteiger partial charge in [-0.05, 0) is 47.7 Å². The lowest BCUT2D eigenvalue weighted by Crippen LogP contribution is -2.26. The highest BCUT2D eigenvalue weighted by Crippen LogP contribution is 2.16. The van der Waals surface area contributed by atoms with Crippen LogP contribution < -0.4 is 10.0 Å². The van der Waals surface area contributed by atoms with Crippen molar-refractivity contribution in [3.8, 4) is 0 Å². The first kappa shape index (κ1) is 21.9. The number of ketones is 1. The second kappa shape index (κ2) is 10.3. The maximum absolute atomic E-state index is 12.4. The van der Waals surface area contributed by atoms with Gasteiger partial charge in [0.05, 0.1) is 9.77 Å². The molecule has 0 atom stereocenters. The van der Waals surface area contributed by atoms with Crippen LogP contribution in [0.5, 0.6) is 0 Å². The Morgan fingerprint density at radius 1 is 0.867 bits per heavy atom. The summed E-state index contributed by atoms with van der Waals surface area (Å²) in [5.41, 5.74) is 1.53. The number of amides is 1. The lowest BCUT2D eigenvalue weighted by Gasteiger charge is -2.09. The molecule has 0 aliphatic carbocycles. The molecule has 0 spiro atoms. The van der Waals surface area contributed by atoms with Crippen LogP contribution in [0.1, 0.15) is 28.1 Å². The van der Waals surface area contributed by atoms with Crippen LogP contribution in [0.15, 0.2) is 77.0 Å². The molecule has 2 N–H and O–H groups in total. The molecule has 30 heavy (non-hydrogen) atoms. The predicted molar refractivity (Wildman–Crippen MR) is 118 cm³/mol. The fraction of sp³-hybridized carbons (Fsp3) is 0.182. The lowest BCUT2D eigenvalue weighted by atomic mass is 10.2. The van der Waals surface area contributed by atoms with Crippen LogP contribution >= 0.6 is 11.3 Å². The third-order valence-electron chi connectivity index (χ3n) is 4.37. The maximum atomic E-state index is 12.4. The van der Waals surface area contributed by atoms with Gasteiger partial charge in [0, 0.05) is 25.1 Å². The first-order valence-electron chi connectivity index (χ1n) is 9.44. The van der Waals surface area contributed by atoms with Gasteiger partial charge in [0.25, 0.3) is 0 Å². The van der Waals surface area contributed by atoms with E-state index in [-0.39, 0.29) is 29.4 Å². The minimum Gasteiger partial charge on any atom is -0.326 e. The number of benzene rings is 2. The molecule has 0 unspecified atom stereocenters. The average Bonchev–Trinajstić information content (AvgIpc) is 3.28. The zero-order chi connectivity index (χ0) is 21.4. The molecule has 0 fully saturated rings. The van der Waals surface area contributed by atoms with E-state index in [1.807, 2.05) is 35.7 Å². The Bertz CT molecular complexity index is 1080. The highest BCUT2D eigenvalue weighted by Gasteiger charge is 2.14. The topological polar surface area (TPSA) is 92.3 Å². The monoisotopic (exact) mass is 442 g/mol. The average molecular weight is 443 g/mol. The molecule has 8 heteroatoms. The molecular formula is C22H22N2O4S2. The number of anilines is 1. The van der Waals surface area contributed by atoms with Gasteiger partial charge in [-0.3, -0.25) is 9.59 Å². The zero-order valence-electron chi connectivity index (χ0n) is 16.2. The maximum Gasteiger partial charge on any atom is 0.240 e. The first-order chi connectivity index (χ1) is 14.4. The van der Waals surface area contributed by atoms with E-state index in [2.05, 4.69) is 10.0 Å². The summed E-state index contributed by atoms with van der Waals surface area (Å²) in [5, 5.41) is 4.50. The van der Waals surface area contributed by atoms with Gasteiger partial charge in [-0.2, -0.15) is 0 Å². The van der Waals surface area contributed by atoms with Crippen LogP contribution in [0, 0.1) is 0 Å². The van der Waals surface area contributed by atoms with E-state index in [9.17, 15) is 18.0 Å². The first-order valence-corrected chi connectivity index (χ1v) is 11.8. The molecule has 1 heterocycles. The summed E-state index contributed by atoms with van der Waals surface area (Å²) in [7, 11) is -3.63. The Morgan fingerprint density at radius 3 is 2.27 bits per heavy atom. The number of rotatable bonds is 10. The molecule has 0 aliphatic heterocycles. The van der Waals surface area contributed by atoms with E-state index in [1.54, 1.807) is 12.1 Å². The lowest BCUT2D eigenvalue weighted by molar-refractivity contribution is -0.116. The number of thiophene rings is 1. The molecule has 0 aliphatic rings. The van der Waals surface area contributed by atoms with Crippen molar-refractivity contribution >= 4 is 38.7 Å². The third kappa shape index (κ3) is 6.35. The molecule has 6 nitrogen and oxygen atoms in total. The Labute approximate surface area is 180 Å². The summed E-state index contributed by atoms with van der Waals surface area (Å²) in [5.74, 6) is -0.361. The van der Waals surface area contributed by atoms with Gasteiger partial charge in [-0.1, -0.05) is 36.4 Å². The van der Waals surface area contributed by atoms with E-state index in [1.165, 1.54) is 35.6 Å². The van der Waals surface area contributed by atoms with E-state index in [4.69, 9.17) is 0 Å². The van der Waals surface area contributed by atoms with Gasteiger partial charge in [-0.25, -0.2) is 13.1 Å². The molecule has 1 aromatic heterocycles. The summed E-state index contributed by atoms with van der Waals surface area (Å²) >= 11 is 1.35. The normalized spacial score (nSPS) is 11.2. The van der Waals surface area contributed by atoms with E-state index < -0.39 is 10.0 Å². The van der Waals surface area contributed by atoms with Crippen molar-refractivity contribution in [2.45, 2.75) is 24.2 Å². The van der Waals surface area contributed by atoms with Crippen molar-refractivity contribution in [2.75, 3.05) is 11.9 Å². The predicted octanol–water partition coefficient (Wildman–Crippen LogP) is 3.87. The number of sulfonamides is 1. The number of nitrogens with one attached hydrogen (secondary N) is 2. The fourth-order valence-electron chi connectivity index (χ4n) is 2.79. The summed E-state index contributed by atoms with van der Waals surface area (Å²) < 4.78 is 27.4. The Hall–Kier alpha value is -2.81. The molecule has 3 aromatic rings. The van der Waals surface area contributed by atoms with Crippen LogP contribution in [-0.2, 0) is 21.2 Å². The smallest absolute Gasteiger partial charge is 0.240 e. The number of carbonyl (C=O) groups is 2. The molecule has 0 saturated carbocycles. The van der Waals surface area contributed by atoms with Crippen molar-refractivity contribution in [3.05, 3.63) is 82.6 Å². The molecule has 0 bridgehead atoms. The van der Waals surface area contributed by atoms with Gasteiger partial charge in [0.2, 0.25) is 15.9 Å². The van der Waals surface area contributed by atoms with Crippen LogP contribution in [0.4, 0.5) is 5.69 Å². The second-order valence-corrected chi connectivity index (χ2v) is 9.32. The minimum atomic E-state index is -3.63. The highest BCUT2D eigenvalue weighted by atomic mass is 32.2. The van der Waals surface area contributed by atoms with Crippen LogP contribution in [0.2, 0.25) is 0 Å². The molecule has 2 aromatic carbocycles. The molecule has 1 amide bonds. The van der Waals surface area contributed by atoms with Crippen LogP contribution in [0.3, 0.4) is 0 Å². The fourth-order valence-corrected chi connectivity index (χ4v) is 4.51. The van der Waals surface area contributed by atoms with Gasteiger partial charge >= 0.3 is 0 Å². The van der Waals surface area contributed by atoms with Gasteiger partial charge in [0.15, 0.2) is 5.78 Å². The van der Waals surface area contributed by atoms with Crippen molar-refractivity contribution < 1.29 is 18.0 Å². The third-order valence-corrected chi connectivity index (χ3v) is 6.76. The number of hydrogen-bond acceptors (Lipinski definition) is 5. The summed E-state index contributed by atoms with van der Waals surface area (Å²) in [6.07, 6.45) is 0.792. The number of Topliss-reactive ketones (excluding diaryl/α,β-unsaturated/α-hetero) is 1. The second-order valence-electron chi connectivity index (χ2n) is 6.61. The molecular weight excluding hydrogens is 420 g/mol.